The fourth-order valence-electron chi connectivity index (χ4n) is 2.40. The number of anilines is 1. The number of fused-ring (bicyclic) bond motifs is 1. The van der Waals surface area contributed by atoms with Gasteiger partial charge >= 0.3 is 18.2 Å². The Bertz CT molecular complexity index is 1120. The number of rotatable bonds is 3. The third-order valence-corrected chi connectivity index (χ3v) is 3.98. The normalized spacial score (nSPS) is 11.4. The summed E-state index contributed by atoms with van der Waals surface area (Å²) in [5.41, 5.74) is -1.35. The Kier molecular flexibility index (Phi) is 5.29. The lowest BCUT2D eigenvalue weighted by Crippen LogP contribution is -2.15. The zero-order valence-electron chi connectivity index (χ0n) is 14.7. The van der Waals surface area contributed by atoms with E-state index in [-0.39, 0.29) is 27.9 Å². The van der Waals surface area contributed by atoms with Crippen molar-refractivity contribution in [2.75, 3.05) is 19.5 Å². The van der Waals surface area contributed by atoms with Crippen LogP contribution in [0, 0.1) is 0 Å². The molecule has 9 nitrogen and oxygen atoms in total. The Balaban J connectivity index is 2.15. The minimum Gasteiger partial charge on any atom is -0.465 e. The number of carbonyl (C=O) groups is 2. The Morgan fingerprint density at radius 2 is 1.93 bits per heavy atom. The van der Waals surface area contributed by atoms with Crippen LogP contribution in [-0.2, 0) is 15.7 Å². The molecule has 0 spiro atoms. The van der Waals surface area contributed by atoms with Crippen LogP contribution in [0.1, 0.15) is 15.9 Å². The molecule has 0 unspecified atom stereocenters. The topological polar surface area (TPSA) is 108 Å². The number of hydrogen-bond acceptors (Lipinski definition) is 7. The second-order valence-electron chi connectivity index (χ2n) is 5.51. The van der Waals surface area contributed by atoms with Gasteiger partial charge < -0.3 is 9.47 Å². The highest BCUT2D eigenvalue weighted by Crippen LogP contribution is 2.37. The molecule has 0 aliphatic carbocycles. The minimum absolute atomic E-state index is 0.0904. The van der Waals surface area contributed by atoms with Gasteiger partial charge in [-0.05, 0) is 12.1 Å². The number of hydrogen-bond donors (Lipinski definition) is 1. The van der Waals surface area contributed by atoms with E-state index in [0.29, 0.717) is 6.07 Å². The first-order valence-electron chi connectivity index (χ1n) is 7.71. The van der Waals surface area contributed by atoms with Crippen molar-refractivity contribution in [3.63, 3.8) is 0 Å². The lowest BCUT2D eigenvalue weighted by Gasteiger charge is -2.13. The molecule has 13 heteroatoms. The van der Waals surface area contributed by atoms with E-state index in [0.717, 1.165) is 17.8 Å². The average molecular weight is 430 g/mol. The second-order valence-corrected chi connectivity index (χ2v) is 5.86. The third-order valence-electron chi connectivity index (χ3n) is 3.71. The highest BCUT2D eigenvalue weighted by atomic mass is 35.5. The summed E-state index contributed by atoms with van der Waals surface area (Å²) in [6.45, 7) is 0. The summed E-state index contributed by atoms with van der Waals surface area (Å²) in [5, 5.41) is 5.85. The van der Waals surface area contributed by atoms with Crippen molar-refractivity contribution in [1.29, 1.82) is 0 Å². The van der Waals surface area contributed by atoms with Crippen LogP contribution in [0.2, 0.25) is 5.15 Å². The summed E-state index contributed by atoms with van der Waals surface area (Å²) in [7, 11) is 2.23. The zero-order valence-corrected chi connectivity index (χ0v) is 15.5. The first kappa shape index (κ1) is 20.3. The molecular weight excluding hydrogens is 419 g/mol. The molecule has 29 heavy (non-hydrogen) atoms. The number of nitrogens with one attached hydrogen (secondary N) is 1. The van der Waals surface area contributed by atoms with Crippen molar-refractivity contribution in [2.24, 2.45) is 0 Å². The van der Waals surface area contributed by atoms with E-state index in [2.05, 4.69) is 29.9 Å². The van der Waals surface area contributed by atoms with Crippen LogP contribution in [0.15, 0.2) is 24.5 Å². The Hall–Kier alpha value is -3.41. The largest absolute Gasteiger partial charge is 0.465 e. The van der Waals surface area contributed by atoms with Crippen molar-refractivity contribution in [3.05, 3.63) is 40.8 Å². The Morgan fingerprint density at radius 1 is 1.21 bits per heavy atom. The number of nitrogens with zero attached hydrogens (tertiary/aromatic N) is 4. The summed E-state index contributed by atoms with van der Waals surface area (Å²) in [6, 6.07) is 1.95. The molecule has 3 aromatic heterocycles. The summed E-state index contributed by atoms with van der Waals surface area (Å²) in [6.07, 6.45) is -3.71. The number of halogens is 4. The quantitative estimate of drug-likeness (QED) is 0.635. The average Bonchev–Trinajstić information content (AvgIpc) is 3.11. The van der Waals surface area contributed by atoms with Crippen LogP contribution in [-0.4, -0.2) is 45.9 Å². The molecule has 0 aliphatic heterocycles. The number of pyridine rings is 1. The summed E-state index contributed by atoms with van der Waals surface area (Å²) >= 11 is 6.06. The van der Waals surface area contributed by atoms with Gasteiger partial charge in [0.15, 0.2) is 11.0 Å². The van der Waals surface area contributed by atoms with Crippen molar-refractivity contribution < 1.29 is 32.2 Å². The van der Waals surface area contributed by atoms with Crippen LogP contribution in [0.4, 0.5) is 23.8 Å². The SMILES string of the molecule is COC(=O)Nc1cc(C(F)(F)F)c(-c2nc(Cl)c3cc(C(=O)OC)cn3n2)cn1. The number of ether oxygens (including phenoxy) is 2. The van der Waals surface area contributed by atoms with Crippen LogP contribution in [0.5, 0.6) is 0 Å². The minimum atomic E-state index is -4.82. The molecule has 0 fully saturated rings. The maximum absolute atomic E-state index is 13.6. The molecule has 3 heterocycles. The highest BCUT2D eigenvalue weighted by molar-refractivity contribution is 6.32. The molecular formula is C16H11ClF3N5O4. The molecule has 0 atom stereocenters. The maximum Gasteiger partial charge on any atom is 0.417 e. The van der Waals surface area contributed by atoms with E-state index in [1.54, 1.807) is 0 Å². The van der Waals surface area contributed by atoms with Crippen LogP contribution in [0.25, 0.3) is 16.9 Å². The van der Waals surface area contributed by atoms with E-state index in [4.69, 9.17) is 11.6 Å². The number of carbonyl (C=O) groups excluding carboxylic acids is 2. The smallest absolute Gasteiger partial charge is 0.417 e. The van der Waals surface area contributed by atoms with Gasteiger partial charge in [0.25, 0.3) is 0 Å². The van der Waals surface area contributed by atoms with Crippen molar-refractivity contribution in [2.45, 2.75) is 6.18 Å². The first-order valence-corrected chi connectivity index (χ1v) is 8.08. The molecule has 0 bridgehead atoms. The molecule has 1 amide bonds. The van der Waals surface area contributed by atoms with Crippen molar-refractivity contribution >= 4 is 35.0 Å². The van der Waals surface area contributed by atoms with Crippen LogP contribution >= 0.6 is 11.6 Å². The zero-order chi connectivity index (χ0) is 21.3. The fourth-order valence-corrected chi connectivity index (χ4v) is 2.62. The molecule has 3 aromatic rings. The first-order chi connectivity index (χ1) is 13.6. The monoisotopic (exact) mass is 429 g/mol. The predicted octanol–water partition coefficient (Wildman–Crippen LogP) is 3.43. The molecule has 0 aromatic carbocycles. The molecule has 3 rings (SSSR count). The fraction of sp³-hybridized carbons (Fsp3) is 0.188. The predicted molar refractivity (Wildman–Crippen MR) is 93.6 cm³/mol. The van der Waals surface area contributed by atoms with E-state index < -0.39 is 29.4 Å². The van der Waals surface area contributed by atoms with E-state index in [1.807, 2.05) is 0 Å². The molecule has 0 saturated carbocycles. The lowest BCUT2D eigenvalue weighted by molar-refractivity contribution is -0.137. The summed E-state index contributed by atoms with van der Waals surface area (Å²) in [5.74, 6) is -1.45. The van der Waals surface area contributed by atoms with Gasteiger partial charge in [-0.2, -0.15) is 13.2 Å². The number of alkyl halides is 3. The van der Waals surface area contributed by atoms with Crippen molar-refractivity contribution in [1.82, 2.24) is 19.6 Å². The molecule has 0 aliphatic rings. The van der Waals surface area contributed by atoms with Gasteiger partial charge in [-0.1, -0.05) is 11.6 Å². The van der Waals surface area contributed by atoms with Gasteiger partial charge in [-0.3, -0.25) is 5.32 Å². The van der Waals surface area contributed by atoms with E-state index in [9.17, 15) is 22.8 Å². The van der Waals surface area contributed by atoms with Gasteiger partial charge in [0, 0.05) is 12.4 Å². The van der Waals surface area contributed by atoms with Crippen LogP contribution < -0.4 is 5.32 Å². The van der Waals surface area contributed by atoms with Gasteiger partial charge in [-0.25, -0.2) is 24.1 Å². The molecule has 0 radical (unpaired) electrons. The van der Waals surface area contributed by atoms with E-state index >= 15 is 0 Å². The lowest BCUT2D eigenvalue weighted by atomic mass is 10.1. The second kappa shape index (κ2) is 7.54. The molecule has 0 saturated heterocycles. The van der Waals surface area contributed by atoms with E-state index in [1.165, 1.54) is 19.4 Å². The summed E-state index contributed by atoms with van der Waals surface area (Å²) in [4.78, 5) is 30.5. The van der Waals surface area contributed by atoms with Gasteiger partial charge in [-0.15, -0.1) is 5.10 Å². The Labute approximate surface area is 165 Å². The van der Waals surface area contributed by atoms with Crippen molar-refractivity contribution in [3.8, 4) is 11.4 Å². The summed E-state index contributed by atoms with van der Waals surface area (Å²) < 4.78 is 50.8. The maximum atomic E-state index is 13.6. The number of amides is 1. The van der Waals surface area contributed by atoms with Crippen LogP contribution in [0.3, 0.4) is 0 Å². The van der Waals surface area contributed by atoms with Gasteiger partial charge in [0.1, 0.15) is 11.3 Å². The third kappa shape index (κ3) is 4.06. The Morgan fingerprint density at radius 3 is 2.55 bits per heavy atom. The van der Waals surface area contributed by atoms with Gasteiger partial charge in [0.2, 0.25) is 0 Å². The standard InChI is InChI=1S/C16H11ClF3N5O4/c1-28-14(26)7-3-10-12(17)23-13(24-25(10)6-7)8-5-21-11(22-15(27)29-2)4-9(8)16(18,19)20/h3-6H,1-2H3,(H,21,22,27). The highest BCUT2D eigenvalue weighted by Gasteiger charge is 2.35. The number of esters is 1. The van der Waals surface area contributed by atoms with Gasteiger partial charge in [0.05, 0.1) is 30.9 Å². The molecule has 152 valence electrons. The number of methoxy groups -OCH3 is 2. The molecule has 1 N–H and O–H groups in total. The number of aromatic nitrogens is 4.